The molecule has 1 N–H and O–H groups in total. The summed E-state index contributed by atoms with van der Waals surface area (Å²) < 4.78 is 11.3. The Bertz CT molecular complexity index is 1020. The fourth-order valence-corrected chi connectivity index (χ4v) is 3.11. The third-order valence-electron chi connectivity index (χ3n) is 3.51. The topological polar surface area (TPSA) is 93.9 Å². The minimum absolute atomic E-state index is 0.0842. The minimum Gasteiger partial charge on any atom is -0.453 e. The van der Waals surface area contributed by atoms with Gasteiger partial charge in [-0.1, -0.05) is 33.2 Å². The van der Waals surface area contributed by atoms with E-state index < -0.39 is 5.97 Å². The number of benzene rings is 1. The number of hydrogen-bond donors (Lipinski definition) is 1. The number of nitrogens with zero attached hydrogens (tertiary/aromatic N) is 3. The maximum Gasteiger partial charge on any atom is 0.356 e. The van der Waals surface area contributed by atoms with Crippen molar-refractivity contribution in [2.45, 2.75) is 6.61 Å². The molecule has 130 valence electrons. The van der Waals surface area contributed by atoms with Crippen LogP contribution in [0.4, 0.5) is 0 Å². The van der Waals surface area contributed by atoms with Crippen molar-refractivity contribution in [3.05, 3.63) is 63.1 Å². The van der Waals surface area contributed by atoms with E-state index in [0.717, 1.165) is 15.6 Å². The average Bonchev–Trinajstić information content (AvgIpc) is 3.41. The lowest BCUT2D eigenvalue weighted by Gasteiger charge is -1.98. The van der Waals surface area contributed by atoms with E-state index in [0.29, 0.717) is 17.4 Å². The van der Waals surface area contributed by atoms with E-state index in [9.17, 15) is 4.79 Å². The monoisotopic (exact) mass is 430 g/mol. The van der Waals surface area contributed by atoms with Crippen molar-refractivity contribution in [1.82, 2.24) is 20.3 Å². The number of hydrogen-bond acceptors (Lipinski definition) is 7. The zero-order chi connectivity index (χ0) is 17.9. The summed E-state index contributed by atoms with van der Waals surface area (Å²) in [7, 11) is 0. The molecule has 0 radical (unpaired) electrons. The van der Waals surface area contributed by atoms with Crippen molar-refractivity contribution in [1.29, 1.82) is 0 Å². The van der Waals surface area contributed by atoms with Crippen molar-refractivity contribution in [3.63, 3.8) is 0 Å². The van der Waals surface area contributed by atoms with Crippen LogP contribution in [0.5, 0.6) is 0 Å². The highest BCUT2D eigenvalue weighted by molar-refractivity contribution is 9.10. The molecule has 4 aromatic rings. The number of carbonyl (C=O) groups excluding carboxylic acids is 1. The molecule has 0 aliphatic carbocycles. The highest BCUT2D eigenvalue weighted by Gasteiger charge is 2.15. The van der Waals surface area contributed by atoms with Gasteiger partial charge in [-0.25, -0.2) is 4.79 Å². The van der Waals surface area contributed by atoms with Gasteiger partial charge in [0.15, 0.2) is 6.61 Å². The van der Waals surface area contributed by atoms with Crippen molar-refractivity contribution in [3.8, 4) is 22.7 Å². The van der Waals surface area contributed by atoms with Crippen molar-refractivity contribution in [2.24, 2.45) is 0 Å². The van der Waals surface area contributed by atoms with E-state index in [1.807, 2.05) is 41.1 Å². The highest BCUT2D eigenvalue weighted by Crippen LogP contribution is 2.22. The number of aromatic amines is 1. The van der Waals surface area contributed by atoms with E-state index in [1.54, 1.807) is 6.07 Å². The van der Waals surface area contributed by atoms with Crippen molar-refractivity contribution < 1.29 is 14.1 Å². The second kappa shape index (κ2) is 7.22. The van der Waals surface area contributed by atoms with E-state index >= 15 is 0 Å². The standard InChI is InChI=1S/C17H11BrN4O3S/c18-12-3-1-10(2-4-12)13-7-14(21-20-13)17(23)24-8-15-19-16(25-22-15)11-5-6-26-9-11/h1-7,9H,8H2,(H,20,21). The van der Waals surface area contributed by atoms with Gasteiger partial charge < -0.3 is 9.26 Å². The van der Waals surface area contributed by atoms with Crippen LogP contribution < -0.4 is 0 Å². The number of esters is 1. The van der Waals surface area contributed by atoms with Gasteiger partial charge in [0.25, 0.3) is 5.89 Å². The third-order valence-corrected chi connectivity index (χ3v) is 4.72. The molecule has 0 fully saturated rings. The molecule has 4 rings (SSSR count). The molecule has 0 amide bonds. The lowest BCUT2D eigenvalue weighted by Crippen LogP contribution is -2.06. The van der Waals surface area contributed by atoms with E-state index in [2.05, 4.69) is 36.3 Å². The Morgan fingerprint density at radius 3 is 2.85 bits per heavy atom. The summed E-state index contributed by atoms with van der Waals surface area (Å²) in [5.74, 6) is 0.159. The Balaban J connectivity index is 1.40. The molecule has 0 aliphatic heterocycles. The van der Waals surface area contributed by atoms with Gasteiger partial charge in [0.05, 0.1) is 11.3 Å². The first-order valence-electron chi connectivity index (χ1n) is 7.52. The van der Waals surface area contributed by atoms with Crippen LogP contribution in [0.15, 0.2) is 56.2 Å². The van der Waals surface area contributed by atoms with Crippen LogP contribution in [0.2, 0.25) is 0 Å². The molecule has 7 nitrogen and oxygen atoms in total. The number of aromatic nitrogens is 4. The summed E-state index contributed by atoms with van der Waals surface area (Å²) in [4.78, 5) is 16.4. The summed E-state index contributed by atoms with van der Waals surface area (Å²) in [6, 6.07) is 11.1. The molecule has 1 aromatic carbocycles. The van der Waals surface area contributed by atoms with Gasteiger partial charge in [0, 0.05) is 15.4 Å². The van der Waals surface area contributed by atoms with Crippen LogP contribution in [-0.2, 0) is 11.3 Å². The summed E-state index contributed by atoms with van der Waals surface area (Å²) in [5, 5.41) is 14.5. The quantitative estimate of drug-likeness (QED) is 0.474. The first-order valence-corrected chi connectivity index (χ1v) is 9.26. The molecule has 0 saturated carbocycles. The molecular formula is C17H11BrN4O3S. The Kier molecular flexibility index (Phi) is 4.63. The van der Waals surface area contributed by atoms with Crippen molar-refractivity contribution >= 4 is 33.2 Å². The molecule has 0 unspecified atom stereocenters. The number of ether oxygens (including phenoxy) is 1. The van der Waals surface area contributed by atoms with Crippen molar-refractivity contribution in [2.75, 3.05) is 0 Å². The van der Waals surface area contributed by atoms with E-state index in [4.69, 9.17) is 9.26 Å². The molecule has 3 heterocycles. The maximum atomic E-state index is 12.2. The summed E-state index contributed by atoms with van der Waals surface area (Å²) in [6.07, 6.45) is 0. The molecular weight excluding hydrogens is 420 g/mol. The smallest absolute Gasteiger partial charge is 0.356 e. The number of halogens is 1. The first kappa shape index (κ1) is 16.7. The van der Waals surface area contributed by atoms with Gasteiger partial charge in [-0.05, 0) is 29.6 Å². The fourth-order valence-electron chi connectivity index (χ4n) is 2.22. The maximum absolute atomic E-state index is 12.2. The van der Waals surface area contributed by atoms with Gasteiger partial charge in [-0.15, -0.1) is 0 Å². The molecule has 3 aromatic heterocycles. The predicted octanol–water partition coefficient (Wildman–Crippen LogP) is 4.31. The molecule has 9 heteroatoms. The molecule has 0 saturated heterocycles. The van der Waals surface area contributed by atoms with Gasteiger partial charge in [-0.3, -0.25) is 5.10 Å². The Morgan fingerprint density at radius 1 is 1.23 bits per heavy atom. The zero-order valence-corrected chi connectivity index (χ0v) is 15.6. The van der Waals surface area contributed by atoms with Crippen LogP contribution in [0.25, 0.3) is 22.7 Å². The molecule has 0 atom stereocenters. The number of thiophene rings is 1. The van der Waals surface area contributed by atoms with Crippen LogP contribution in [0, 0.1) is 0 Å². The Morgan fingerprint density at radius 2 is 2.08 bits per heavy atom. The predicted molar refractivity (Wildman–Crippen MR) is 98.5 cm³/mol. The minimum atomic E-state index is -0.539. The van der Waals surface area contributed by atoms with Crippen LogP contribution in [0.3, 0.4) is 0 Å². The van der Waals surface area contributed by atoms with Gasteiger partial charge in [0.2, 0.25) is 5.82 Å². The molecule has 26 heavy (non-hydrogen) atoms. The van der Waals surface area contributed by atoms with Gasteiger partial charge >= 0.3 is 5.97 Å². The fraction of sp³-hybridized carbons (Fsp3) is 0.0588. The van der Waals surface area contributed by atoms with E-state index in [-0.39, 0.29) is 12.3 Å². The number of nitrogens with one attached hydrogen (secondary N) is 1. The van der Waals surface area contributed by atoms with Crippen LogP contribution >= 0.6 is 27.3 Å². The SMILES string of the molecule is O=C(OCc1noc(-c2ccsc2)n1)c1cc(-c2ccc(Br)cc2)n[nH]1. The van der Waals surface area contributed by atoms with Crippen LogP contribution in [-0.4, -0.2) is 26.3 Å². The summed E-state index contributed by atoms with van der Waals surface area (Å²) in [5.41, 5.74) is 2.64. The third kappa shape index (κ3) is 3.58. The average molecular weight is 431 g/mol. The van der Waals surface area contributed by atoms with Crippen LogP contribution in [0.1, 0.15) is 16.3 Å². The van der Waals surface area contributed by atoms with Gasteiger partial charge in [-0.2, -0.15) is 21.4 Å². The Hall–Kier alpha value is -2.78. The largest absolute Gasteiger partial charge is 0.453 e. The molecule has 0 bridgehead atoms. The summed E-state index contributed by atoms with van der Waals surface area (Å²) >= 11 is 4.92. The Labute approximate surface area is 160 Å². The second-order valence-corrected chi connectivity index (χ2v) is 6.97. The number of rotatable bonds is 5. The zero-order valence-electron chi connectivity index (χ0n) is 13.2. The molecule has 0 aliphatic rings. The second-order valence-electron chi connectivity index (χ2n) is 5.28. The summed E-state index contributed by atoms with van der Waals surface area (Å²) in [6.45, 7) is -0.0842. The lowest BCUT2D eigenvalue weighted by atomic mass is 10.1. The first-order chi connectivity index (χ1) is 12.7. The molecule has 0 spiro atoms. The van der Waals surface area contributed by atoms with E-state index in [1.165, 1.54) is 11.3 Å². The van der Waals surface area contributed by atoms with Gasteiger partial charge in [0.1, 0.15) is 5.69 Å². The normalized spacial score (nSPS) is 10.8. The lowest BCUT2D eigenvalue weighted by molar-refractivity contribution is 0.0452. The number of H-pyrrole nitrogens is 1. The number of carbonyl (C=O) groups is 1. The highest BCUT2D eigenvalue weighted by atomic mass is 79.9.